The van der Waals surface area contributed by atoms with Gasteiger partial charge in [-0.05, 0) is 12.8 Å². The number of rotatable bonds is 4. The minimum absolute atomic E-state index is 0.00643. The van der Waals surface area contributed by atoms with Gasteiger partial charge in [-0.1, -0.05) is 35.3 Å². The summed E-state index contributed by atoms with van der Waals surface area (Å²) in [5.74, 6) is -0.433. The number of ketones is 1. The van der Waals surface area contributed by atoms with E-state index in [9.17, 15) is 19.4 Å². The second kappa shape index (κ2) is 7.50. The summed E-state index contributed by atoms with van der Waals surface area (Å²) >= 11 is 0. The summed E-state index contributed by atoms with van der Waals surface area (Å²) in [6, 6.07) is 9.11. The smallest absolute Gasteiger partial charge is 0.307 e. The molecule has 2 N–H and O–H groups in total. The van der Waals surface area contributed by atoms with Gasteiger partial charge in [-0.15, -0.1) is 0 Å². The number of ether oxygens (including phenoxy) is 1. The number of aromatic nitrogens is 4. The zero-order chi connectivity index (χ0) is 20.8. The van der Waals surface area contributed by atoms with Crippen molar-refractivity contribution in [1.29, 1.82) is 0 Å². The van der Waals surface area contributed by atoms with Gasteiger partial charge in [-0.2, -0.15) is 0 Å². The van der Waals surface area contributed by atoms with Crippen molar-refractivity contribution in [2.75, 3.05) is 6.61 Å². The largest absolute Gasteiger partial charge is 0.394 e. The number of benzene rings is 1. The molecule has 0 aliphatic carbocycles. The van der Waals surface area contributed by atoms with E-state index in [0.29, 0.717) is 35.4 Å². The van der Waals surface area contributed by atoms with Crippen molar-refractivity contribution in [1.82, 2.24) is 14.5 Å². The SMILES string of the molecule is O=C(c1ccccc1)C1CCCn2c[n+]([C@@H]3O[C@H](CO)[C@@H](O)[C@H]3F)c3ncnc1c32. The van der Waals surface area contributed by atoms with Crippen molar-refractivity contribution in [3.8, 4) is 0 Å². The first kappa shape index (κ1) is 19.2. The molecule has 156 valence electrons. The highest BCUT2D eigenvalue weighted by Gasteiger charge is 2.48. The lowest BCUT2D eigenvalue weighted by atomic mass is 9.90. The van der Waals surface area contributed by atoms with E-state index in [1.54, 1.807) is 18.5 Å². The van der Waals surface area contributed by atoms with E-state index in [2.05, 4.69) is 9.97 Å². The Morgan fingerprint density at radius 1 is 1.30 bits per heavy atom. The van der Waals surface area contributed by atoms with Crippen LogP contribution >= 0.6 is 0 Å². The highest BCUT2D eigenvalue weighted by atomic mass is 19.1. The third kappa shape index (κ3) is 2.92. The third-order valence-electron chi connectivity index (χ3n) is 5.97. The molecule has 0 radical (unpaired) electrons. The third-order valence-corrected chi connectivity index (χ3v) is 5.97. The Morgan fingerprint density at radius 2 is 2.10 bits per heavy atom. The van der Waals surface area contributed by atoms with Crippen LogP contribution in [0.4, 0.5) is 4.39 Å². The summed E-state index contributed by atoms with van der Waals surface area (Å²) in [7, 11) is 0. The van der Waals surface area contributed by atoms with Crippen LogP contribution in [-0.2, 0) is 11.3 Å². The molecule has 5 atom stereocenters. The van der Waals surface area contributed by atoms with Gasteiger partial charge in [0.1, 0.15) is 17.9 Å². The molecule has 2 aliphatic rings. The second-order valence-corrected chi connectivity index (χ2v) is 7.76. The van der Waals surface area contributed by atoms with Gasteiger partial charge in [0.15, 0.2) is 30.1 Å². The maximum atomic E-state index is 14.8. The van der Waals surface area contributed by atoms with E-state index in [-0.39, 0.29) is 5.78 Å². The zero-order valence-electron chi connectivity index (χ0n) is 16.1. The number of aliphatic hydroxyl groups excluding tert-OH is 2. The minimum Gasteiger partial charge on any atom is -0.394 e. The van der Waals surface area contributed by atoms with Crippen LogP contribution < -0.4 is 4.57 Å². The van der Waals surface area contributed by atoms with Crippen molar-refractivity contribution < 1.29 is 28.7 Å². The normalized spacial score (nSPS) is 28.6. The number of carbonyl (C=O) groups excluding carboxylic acids is 1. The Kier molecular flexibility index (Phi) is 4.80. The fourth-order valence-corrected chi connectivity index (χ4v) is 4.46. The van der Waals surface area contributed by atoms with E-state index < -0.39 is 37.1 Å². The van der Waals surface area contributed by atoms with Gasteiger partial charge >= 0.3 is 5.65 Å². The van der Waals surface area contributed by atoms with Crippen LogP contribution in [0.2, 0.25) is 0 Å². The first-order valence-electron chi connectivity index (χ1n) is 10.0. The van der Waals surface area contributed by atoms with Gasteiger partial charge in [0, 0.05) is 5.56 Å². The molecule has 1 aromatic carbocycles. The Hall–Kier alpha value is -2.75. The lowest BCUT2D eigenvalue weighted by Gasteiger charge is -2.13. The number of imidazole rings is 1. The summed E-state index contributed by atoms with van der Waals surface area (Å²) in [6.45, 7) is 0.142. The molecular formula is C21H22FN4O4+. The van der Waals surface area contributed by atoms with Crippen molar-refractivity contribution in [3.63, 3.8) is 0 Å². The molecular weight excluding hydrogens is 391 g/mol. The highest BCUT2D eigenvalue weighted by Crippen LogP contribution is 2.34. The molecule has 30 heavy (non-hydrogen) atoms. The molecule has 4 heterocycles. The molecule has 9 heteroatoms. The number of aryl methyl sites for hydroxylation is 1. The summed E-state index contributed by atoms with van der Waals surface area (Å²) in [4.78, 5) is 22.0. The quantitative estimate of drug-likeness (QED) is 0.490. The molecule has 3 aromatic rings. The first-order chi connectivity index (χ1) is 14.6. The molecule has 0 saturated carbocycles. The number of hydrogen-bond acceptors (Lipinski definition) is 6. The molecule has 0 spiro atoms. The predicted molar refractivity (Wildman–Crippen MR) is 102 cm³/mol. The van der Waals surface area contributed by atoms with Crippen LogP contribution in [0.1, 0.15) is 41.0 Å². The number of nitrogens with zero attached hydrogens (tertiary/aromatic N) is 4. The number of carbonyl (C=O) groups is 1. The predicted octanol–water partition coefficient (Wildman–Crippen LogP) is 1.07. The van der Waals surface area contributed by atoms with Crippen LogP contribution in [0.25, 0.3) is 11.2 Å². The fraction of sp³-hybridized carbons (Fsp3) is 0.429. The molecule has 1 unspecified atom stereocenters. The average molecular weight is 413 g/mol. The number of Topliss-reactive ketones (excluding diaryl/α,β-unsaturated/α-hetero) is 1. The van der Waals surface area contributed by atoms with Crippen LogP contribution in [0, 0.1) is 0 Å². The van der Waals surface area contributed by atoms with E-state index >= 15 is 0 Å². The maximum Gasteiger partial charge on any atom is 0.307 e. The summed E-state index contributed by atoms with van der Waals surface area (Å²) in [5, 5.41) is 19.4. The molecule has 1 fully saturated rings. The highest BCUT2D eigenvalue weighted by molar-refractivity contribution is 6.02. The standard InChI is InChI=1S/C21H22FN4O4/c22-15-19(29)14(9-27)30-21(15)26-11-25-8-4-7-13(16-17(25)20(26)24-10-23-16)18(28)12-5-2-1-3-6-12/h1-3,5-6,10-11,13-15,19,21,27,29H,4,7-9H2/q+1/t13?,14-,15-,19-,21-/m1/s1. The fourth-order valence-electron chi connectivity index (χ4n) is 4.46. The van der Waals surface area contributed by atoms with Crippen molar-refractivity contribution in [2.45, 2.75) is 49.9 Å². The minimum atomic E-state index is -1.71. The van der Waals surface area contributed by atoms with Gasteiger partial charge in [0.2, 0.25) is 6.23 Å². The van der Waals surface area contributed by atoms with Gasteiger partial charge in [-0.3, -0.25) is 9.36 Å². The number of hydrogen-bond donors (Lipinski definition) is 2. The van der Waals surface area contributed by atoms with Gasteiger partial charge in [0.05, 0.1) is 19.1 Å². The van der Waals surface area contributed by atoms with Crippen LogP contribution in [0.15, 0.2) is 43.0 Å². The van der Waals surface area contributed by atoms with Crippen molar-refractivity contribution in [3.05, 3.63) is 54.2 Å². The van der Waals surface area contributed by atoms with E-state index in [0.717, 1.165) is 6.42 Å². The van der Waals surface area contributed by atoms with Gasteiger partial charge < -0.3 is 14.9 Å². The molecule has 5 rings (SSSR count). The van der Waals surface area contributed by atoms with Gasteiger partial charge in [0.25, 0.3) is 0 Å². The molecule has 2 aromatic heterocycles. The first-order valence-corrected chi connectivity index (χ1v) is 10.0. The number of alkyl halides is 1. The summed E-state index contributed by atoms with van der Waals surface area (Å²) < 4.78 is 23.8. The molecule has 1 saturated heterocycles. The Labute approximate surface area is 171 Å². The topological polar surface area (TPSA) is 101 Å². The van der Waals surface area contributed by atoms with E-state index in [1.807, 2.05) is 22.8 Å². The Morgan fingerprint density at radius 3 is 2.83 bits per heavy atom. The van der Waals surface area contributed by atoms with Crippen LogP contribution in [0.3, 0.4) is 0 Å². The lowest BCUT2D eigenvalue weighted by molar-refractivity contribution is -0.744. The van der Waals surface area contributed by atoms with Crippen LogP contribution in [-0.4, -0.2) is 55.5 Å². The Balaban J connectivity index is 1.60. The molecule has 0 bridgehead atoms. The molecule has 2 aliphatic heterocycles. The second-order valence-electron chi connectivity index (χ2n) is 7.76. The molecule has 8 nitrogen and oxygen atoms in total. The van der Waals surface area contributed by atoms with Crippen molar-refractivity contribution in [2.24, 2.45) is 0 Å². The van der Waals surface area contributed by atoms with Gasteiger partial charge in [-0.25, -0.2) is 13.9 Å². The number of aliphatic hydroxyl groups is 2. The summed E-state index contributed by atoms with van der Waals surface area (Å²) in [5.41, 5.74) is 2.34. The summed E-state index contributed by atoms with van der Waals surface area (Å²) in [6.07, 6.45) is -0.793. The number of halogens is 1. The van der Waals surface area contributed by atoms with Crippen LogP contribution in [0.5, 0.6) is 0 Å². The average Bonchev–Trinajstić information content (AvgIpc) is 3.21. The maximum absolute atomic E-state index is 14.8. The van der Waals surface area contributed by atoms with Crippen molar-refractivity contribution >= 4 is 16.9 Å². The molecule has 0 amide bonds. The zero-order valence-corrected chi connectivity index (χ0v) is 16.1. The Bertz CT molecular complexity index is 1090. The lowest BCUT2D eigenvalue weighted by Crippen LogP contribution is -2.44. The monoisotopic (exact) mass is 413 g/mol. The van der Waals surface area contributed by atoms with E-state index in [4.69, 9.17) is 4.74 Å². The van der Waals surface area contributed by atoms with E-state index in [1.165, 1.54) is 10.9 Å².